The summed E-state index contributed by atoms with van der Waals surface area (Å²) >= 11 is 1.57. The minimum Gasteiger partial charge on any atom is -0.348 e. The number of carbonyl (C=O) groups is 1. The highest BCUT2D eigenvalue weighted by atomic mass is 32.1. The Morgan fingerprint density at radius 3 is 2.62 bits per heavy atom. The lowest BCUT2D eigenvalue weighted by Crippen LogP contribution is -2.30. The smallest absolute Gasteiger partial charge is 0.244 e. The summed E-state index contributed by atoms with van der Waals surface area (Å²) in [5.41, 5.74) is 3.31. The molecule has 7 heteroatoms. The molecule has 26 heavy (non-hydrogen) atoms. The summed E-state index contributed by atoms with van der Waals surface area (Å²) in [7, 11) is 0. The van der Waals surface area contributed by atoms with Gasteiger partial charge >= 0.3 is 0 Å². The van der Waals surface area contributed by atoms with Crippen LogP contribution in [0.15, 0.2) is 41.1 Å². The van der Waals surface area contributed by atoms with Crippen molar-refractivity contribution in [2.24, 2.45) is 5.92 Å². The minimum atomic E-state index is -0.141. The van der Waals surface area contributed by atoms with Gasteiger partial charge in [-0.2, -0.15) is 16.1 Å². The predicted octanol–water partition coefficient (Wildman–Crippen LogP) is 3.48. The SMILES string of the molecule is CC(C)Cc1ccc([C@@H](C)NC(=O)Cn2nnc(-c3ccsc3)n2)cc1. The average molecular weight is 369 g/mol. The number of aromatic nitrogens is 4. The van der Waals surface area contributed by atoms with Crippen LogP contribution in [0.4, 0.5) is 0 Å². The van der Waals surface area contributed by atoms with Gasteiger partial charge in [-0.05, 0) is 47.0 Å². The first-order valence-corrected chi connectivity index (χ1v) is 9.64. The third kappa shape index (κ3) is 4.76. The standard InChI is InChI=1S/C19H23N5OS/c1-13(2)10-15-4-6-16(7-5-15)14(3)20-18(25)11-24-22-19(21-23-24)17-8-9-26-12-17/h4-9,12-14H,10-11H2,1-3H3,(H,20,25)/t14-/m1/s1. The van der Waals surface area contributed by atoms with Crippen LogP contribution in [0.3, 0.4) is 0 Å². The van der Waals surface area contributed by atoms with Crippen LogP contribution in [0.25, 0.3) is 11.4 Å². The summed E-state index contributed by atoms with van der Waals surface area (Å²) in [6, 6.07) is 10.3. The van der Waals surface area contributed by atoms with Gasteiger partial charge in [-0.25, -0.2) is 0 Å². The molecule has 0 fully saturated rings. The van der Waals surface area contributed by atoms with E-state index in [1.54, 1.807) is 11.3 Å². The second-order valence-corrected chi connectivity index (χ2v) is 7.56. The van der Waals surface area contributed by atoms with Gasteiger partial charge in [0.15, 0.2) is 0 Å². The Morgan fingerprint density at radius 1 is 1.19 bits per heavy atom. The lowest BCUT2D eigenvalue weighted by atomic mass is 10.00. The third-order valence-corrected chi connectivity index (χ3v) is 4.70. The fourth-order valence-electron chi connectivity index (χ4n) is 2.73. The zero-order chi connectivity index (χ0) is 18.5. The molecule has 0 radical (unpaired) electrons. The Morgan fingerprint density at radius 2 is 1.96 bits per heavy atom. The first kappa shape index (κ1) is 18.3. The van der Waals surface area contributed by atoms with E-state index in [9.17, 15) is 4.79 Å². The van der Waals surface area contributed by atoms with E-state index in [0.29, 0.717) is 11.7 Å². The maximum Gasteiger partial charge on any atom is 0.244 e. The monoisotopic (exact) mass is 369 g/mol. The van der Waals surface area contributed by atoms with Crippen molar-refractivity contribution in [1.29, 1.82) is 0 Å². The largest absolute Gasteiger partial charge is 0.348 e. The number of nitrogens with one attached hydrogen (secondary N) is 1. The van der Waals surface area contributed by atoms with Crippen LogP contribution in [0.1, 0.15) is 37.9 Å². The Labute approximate surface area is 157 Å². The number of benzene rings is 1. The summed E-state index contributed by atoms with van der Waals surface area (Å²) in [5.74, 6) is 1.03. The van der Waals surface area contributed by atoms with Crippen LogP contribution in [0.2, 0.25) is 0 Å². The number of nitrogens with zero attached hydrogens (tertiary/aromatic N) is 4. The molecule has 0 spiro atoms. The lowest BCUT2D eigenvalue weighted by Gasteiger charge is -2.15. The number of tetrazole rings is 1. The highest BCUT2D eigenvalue weighted by Gasteiger charge is 2.13. The molecule has 1 aromatic carbocycles. The van der Waals surface area contributed by atoms with Crippen LogP contribution in [-0.4, -0.2) is 26.1 Å². The van der Waals surface area contributed by atoms with Crippen LogP contribution in [0, 0.1) is 5.92 Å². The first-order valence-electron chi connectivity index (χ1n) is 8.70. The van der Waals surface area contributed by atoms with Crippen molar-refractivity contribution in [2.75, 3.05) is 0 Å². The van der Waals surface area contributed by atoms with E-state index in [1.165, 1.54) is 10.4 Å². The molecule has 1 N–H and O–H groups in total. The Bertz CT molecular complexity index is 839. The Kier molecular flexibility index (Phi) is 5.78. The van der Waals surface area contributed by atoms with E-state index >= 15 is 0 Å². The van der Waals surface area contributed by atoms with Crippen molar-refractivity contribution < 1.29 is 4.79 Å². The molecule has 0 bridgehead atoms. The number of hydrogen-bond acceptors (Lipinski definition) is 5. The topological polar surface area (TPSA) is 72.7 Å². The molecule has 0 saturated carbocycles. The van der Waals surface area contributed by atoms with Gasteiger partial charge in [0.05, 0.1) is 6.04 Å². The number of thiophene rings is 1. The van der Waals surface area contributed by atoms with Crippen LogP contribution >= 0.6 is 11.3 Å². The van der Waals surface area contributed by atoms with E-state index in [4.69, 9.17) is 0 Å². The molecule has 0 unspecified atom stereocenters. The van der Waals surface area contributed by atoms with Crippen molar-refractivity contribution >= 4 is 17.2 Å². The number of amides is 1. The summed E-state index contributed by atoms with van der Waals surface area (Å²) in [6.45, 7) is 6.44. The average Bonchev–Trinajstić information content (AvgIpc) is 3.26. The molecular formula is C19H23N5OS. The molecular weight excluding hydrogens is 346 g/mol. The number of hydrogen-bond donors (Lipinski definition) is 1. The van der Waals surface area contributed by atoms with Gasteiger partial charge in [0.25, 0.3) is 0 Å². The molecule has 1 atom stereocenters. The van der Waals surface area contributed by atoms with Crippen molar-refractivity contribution in [2.45, 2.75) is 39.8 Å². The summed E-state index contributed by atoms with van der Waals surface area (Å²) < 4.78 is 0. The van der Waals surface area contributed by atoms with Gasteiger partial charge in [-0.15, -0.1) is 10.2 Å². The summed E-state index contributed by atoms with van der Waals surface area (Å²) in [4.78, 5) is 13.6. The van der Waals surface area contributed by atoms with E-state index in [2.05, 4.69) is 58.8 Å². The van der Waals surface area contributed by atoms with E-state index in [-0.39, 0.29) is 18.5 Å². The highest BCUT2D eigenvalue weighted by molar-refractivity contribution is 7.08. The zero-order valence-corrected chi connectivity index (χ0v) is 16.0. The third-order valence-electron chi connectivity index (χ3n) is 4.02. The van der Waals surface area contributed by atoms with Crippen molar-refractivity contribution in [3.63, 3.8) is 0 Å². The molecule has 2 heterocycles. The Hall–Kier alpha value is -2.54. The molecule has 6 nitrogen and oxygen atoms in total. The fraction of sp³-hybridized carbons (Fsp3) is 0.368. The minimum absolute atomic E-state index is 0.0485. The van der Waals surface area contributed by atoms with E-state index in [1.807, 2.05) is 23.8 Å². The van der Waals surface area contributed by atoms with Crippen LogP contribution in [0.5, 0.6) is 0 Å². The highest BCUT2D eigenvalue weighted by Crippen LogP contribution is 2.17. The van der Waals surface area contributed by atoms with Gasteiger partial charge in [0.1, 0.15) is 6.54 Å². The van der Waals surface area contributed by atoms with Gasteiger partial charge in [-0.1, -0.05) is 38.1 Å². The van der Waals surface area contributed by atoms with Crippen LogP contribution in [-0.2, 0) is 17.8 Å². The van der Waals surface area contributed by atoms with E-state index in [0.717, 1.165) is 17.5 Å². The van der Waals surface area contributed by atoms with Gasteiger partial charge in [-0.3, -0.25) is 4.79 Å². The molecule has 3 rings (SSSR count). The van der Waals surface area contributed by atoms with Crippen molar-refractivity contribution in [3.05, 3.63) is 52.2 Å². The summed E-state index contributed by atoms with van der Waals surface area (Å²) in [6.07, 6.45) is 1.06. The van der Waals surface area contributed by atoms with Crippen molar-refractivity contribution in [1.82, 2.24) is 25.5 Å². The van der Waals surface area contributed by atoms with Crippen molar-refractivity contribution in [3.8, 4) is 11.4 Å². The molecule has 3 aromatic rings. The maximum atomic E-state index is 12.3. The molecule has 0 aliphatic carbocycles. The van der Waals surface area contributed by atoms with Gasteiger partial charge in [0, 0.05) is 10.9 Å². The second kappa shape index (κ2) is 8.23. The first-order chi connectivity index (χ1) is 12.5. The lowest BCUT2D eigenvalue weighted by molar-refractivity contribution is -0.122. The molecule has 0 saturated heterocycles. The zero-order valence-electron chi connectivity index (χ0n) is 15.2. The van der Waals surface area contributed by atoms with E-state index < -0.39 is 0 Å². The van der Waals surface area contributed by atoms with Crippen LogP contribution < -0.4 is 5.32 Å². The summed E-state index contributed by atoms with van der Waals surface area (Å²) in [5, 5.41) is 19.1. The van der Waals surface area contributed by atoms with Gasteiger partial charge < -0.3 is 5.32 Å². The molecule has 0 aliphatic heterocycles. The maximum absolute atomic E-state index is 12.3. The number of rotatable bonds is 7. The predicted molar refractivity (Wildman–Crippen MR) is 103 cm³/mol. The normalized spacial score (nSPS) is 12.3. The molecule has 0 aliphatic rings. The quantitative estimate of drug-likeness (QED) is 0.692. The molecule has 136 valence electrons. The second-order valence-electron chi connectivity index (χ2n) is 6.78. The molecule has 2 aromatic heterocycles. The Balaban J connectivity index is 1.56. The fourth-order valence-corrected chi connectivity index (χ4v) is 3.36. The number of carbonyl (C=O) groups excluding carboxylic acids is 1. The molecule has 1 amide bonds. The van der Waals surface area contributed by atoms with Gasteiger partial charge in [0.2, 0.25) is 11.7 Å².